The van der Waals surface area contributed by atoms with Crippen molar-refractivity contribution < 1.29 is 5.11 Å². The number of halogens is 1. The lowest BCUT2D eigenvalue weighted by Gasteiger charge is -2.64. The van der Waals surface area contributed by atoms with E-state index in [2.05, 4.69) is 0 Å². The Hall–Kier alpha value is 0.250. The van der Waals surface area contributed by atoms with E-state index in [0.717, 1.165) is 25.7 Å². The van der Waals surface area contributed by atoms with Crippen molar-refractivity contribution in [1.29, 1.82) is 0 Å². The molecule has 2 heteroatoms. The highest BCUT2D eigenvalue weighted by Gasteiger charge is 2.64. The molecule has 0 saturated heterocycles. The lowest BCUT2D eigenvalue weighted by Crippen LogP contribution is -2.63. The Morgan fingerprint density at radius 1 is 1.22 bits per heavy atom. The predicted octanol–water partition coefficient (Wildman–Crippen LogP) is 1.53. The topological polar surface area (TPSA) is 20.2 Å². The molecule has 1 nitrogen and oxygen atoms in total. The fourth-order valence-corrected chi connectivity index (χ4v) is 2.49. The normalized spacial score (nSPS) is 55.3. The molecule has 0 heterocycles. The van der Waals surface area contributed by atoms with Crippen molar-refractivity contribution in [3.63, 3.8) is 0 Å². The molecular weight excluding hydrogens is 136 g/mol. The van der Waals surface area contributed by atoms with E-state index in [4.69, 9.17) is 16.7 Å². The Morgan fingerprint density at radius 2 is 1.78 bits per heavy atom. The van der Waals surface area contributed by atoms with E-state index in [1.807, 2.05) is 0 Å². The Bertz CT molecular complexity index is 130. The number of alkyl halides is 1. The van der Waals surface area contributed by atoms with E-state index < -0.39 is 0 Å². The maximum Gasteiger partial charge on any atom is 0.0525 e. The predicted molar refractivity (Wildman–Crippen MR) is 36.6 cm³/mol. The summed E-state index contributed by atoms with van der Waals surface area (Å²) in [7, 11) is 0. The van der Waals surface area contributed by atoms with Crippen molar-refractivity contribution in [2.24, 2.45) is 5.41 Å². The van der Waals surface area contributed by atoms with Gasteiger partial charge in [-0.1, -0.05) is 0 Å². The zero-order chi connectivity index (χ0) is 6.54. The fraction of sp³-hybridized carbons (Fsp3) is 1.00. The molecule has 0 aromatic heterocycles. The Labute approximate surface area is 60.0 Å². The molecule has 0 aromatic rings. The van der Waals surface area contributed by atoms with Gasteiger partial charge in [-0.2, -0.15) is 0 Å². The van der Waals surface area contributed by atoms with Gasteiger partial charge in [-0.3, -0.25) is 0 Å². The van der Waals surface area contributed by atoms with Gasteiger partial charge in [-0.15, -0.1) is 11.6 Å². The quantitative estimate of drug-likeness (QED) is 0.557. The summed E-state index contributed by atoms with van der Waals surface area (Å²) in [6, 6.07) is 0. The van der Waals surface area contributed by atoms with Crippen molar-refractivity contribution in [1.82, 2.24) is 0 Å². The molecule has 0 amide bonds. The maximum atomic E-state index is 8.95. The highest BCUT2D eigenvalue weighted by molar-refractivity contribution is 6.25. The lowest BCUT2D eigenvalue weighted by molar-refractivity contribution is -0.0878. The van der Waals surface area contributed by atoms with Crippen LogP contribution < -0.4 is 0 Å². The van der Waals surface area contributed by atoms with Crippen LogP contribution in [0.1, 0.15) is 25.7 Å². The smallest absolute Gasteiger partial charge is 0.0525 e. The first-order valence-electron chi connectivity index (χ1n) is 3.52. The molecule has 0 spiro atoms. The van der Waals surface area contributed by atoms with E-state index in [1.165, 1.54) is 0 Å². The van der Waals surface area contributed by atoms with Gasteiger partial charge in [0.25, 0.3) is 0 Å². The third kappa shape index (κ3) is 0.468. The molecule has 0 atom stereocenters. The number of aliphatic hydroxyl groups excluding tert-OH is 1. The summed E-state index contributed by atoms with van der Waals surface area (Å²) in [6.07, 6.45) is 4.53. The van der Waals surface area contributed by atoms with E-state index in [1.54, 1.807) is 0 Å². The van der Waals surface area contributed by atoms with Crippen molar-refractivity contribution in [3.8, 4) is 0 Å². The molecule has 1 N–H and O–H groups in total. The van der Waals surface area contributed by atoms with Crippen LogP contribution in [0.15, 0.2) is 0 Å². The first kappa shape index (κ1) is 5.99. The molecule has 2 aliphatic carbocycles. The van der Waals surface area contributed by atoms with Crippen molar-refractivity contribution >= 4 is 11.6 Å². The molecule has 9 heavy (non-hydrogen) atoms. The molecule has 0 unspecified atom stereocenters. The molecule has 0 aliphatic heterocycles. The summed E-state index contributed by atoms with van der Waals surface area (Å²) in [4.78, 5) is 0.0295. The highest BCUT2D eigenvalue weighted by Crippen LogP contribution is 2.67. The van der Waals surface area contributed by atoms with Gasteiger partial charge >= 0.3 is 0 Å². The fourth-order valence-electron chi connectivity index (χ4n) is 2.05. The van der Waals surface area contributed by atoms with Crippen molar-refractivity contribution in [2.45, 2.75) is 30.6 Å². The summed E-state index contributed by atoms with van der Waals surface area (Å²) >= 11 is 6.14. The summed E-state index contributed by atoms with van der Waals surface area (Å²) < 4.78 is 0. The third-order valence-corrected chi connectivity index (χ3v) is 4.03. The van der Waals surface area contributed by atoms with Gasteiger partial charge in [-0.05, 0) is 25.7 Å². The number of hydrogen-bond donors (Lipinski definition) is 1. The van der Waals surface area contributed by atoms with E-state index in [9.17, 15) is 0 Å². The number of aliphatic hydroxyl groups is 1. The second-order valence-corrected chi connectivity index (χ2v) is 4.13. The maximum absolute atomic E-state index is 8.95. The number of rotatable bonds is 1. The molecule has 2 fully saturated rings. The summed E-state index contributed by atoms with van der Waals surface area (Å²) in [6.45, 7) is 0.302. The summed E-state index contributed by atoms with van der Waals surface area (Å²) in [5.74, 6) is 0. The van der Waals surface area contributed by atoms with Gasteiger partial charge in [0.05, 0.1) is 11.5 Å². The van der Waals surface area contributed by atoms with Crippen LogP contribution >= 0.6 is 11.6 Å². The van der Waals surface area contributed by atoms with Crippen LogP contribution in [0, 0.1) is 5.41 Å². The zero-order valence-electron chi connectivity index (χ0n) is 5.36. The average molecular weight is 147 g/mol. The van der Waals surface area contributed by atoms with Gasteiger partial charge in [-0.25, -0.2) is 0 Å². The second-order valence-electron chi connectivity index (χ2n) is 3.40. The Kier molecular flexibility index (Phi) is 0.970. The molecule has 0 aromatic carbocycles. The van der Waals surface area contributed by atoms with Gasteiger partial charge in [0.15, 0.2) is 0 Å². The second kappa shape index (κ2) is 1.46. The average Bonchev–Trinajstić information content (AvgIpc) is 1.89. The van der Waals surface area contributed by atoms with Crippen molar-refractivity contribution in [2.75, 3.05) is 6.61 Å². The molecule has 0 radical (unpaired) electrons. The minimum Gasteiger partial charge on any atom is -0.396 e. The summed E-state index contributed by atoms with van der Waals surface area (Å²) in [5, 5.41) is 8.95. The van der Waals surface area contributed by atoms with E-state index in [0.29, 0.717) is 6.61 Å². The van der Waals surface area contributed by atoms with Gasteiger partial charge < -0.3 is 5.11 Å². The van der Waals surface area contributed by atoms with E-state index >= 15 is 0 Å². The zero-order valence-corrected chi connectivity index (χ0v) is 6.12. The minimum absolute atomic E-state index is 0.0295. The molecule has 52 valence electrons. The standard InChI is InChI=1S/C7H11ClO/c8-7-3-1-6(7,5-9)2-4-7/h9H,1-5H2. The van der Waals surface area contributed by atoms with Crippen LogP contribution in [0.4, 0.5) is 0 Å². The van der Waals surface area contributed by atoms with Crippen LogP contribution in [-0.4, -0.2) is 16.6 Å². The van der Waals surface area contributed by atoms with Crippen LogP contribution in [0.3, 0.4) is 0 Å². The number of fused-ring (bicyclic) bond motifs is 1. The minimum atomic E-state index is 0.0295. The first-order valence-corrected chi connectivity index (χ1v) is 3.90. The Morgan fingerprint density at radius 3 is 1.78 bits per heavy atom. The molecule has 2 rings (SSSR count). The van der Waals surface area contributed by atoms with Gasteiger partial charge in [0, 0.05) is 5.41 Å². The largest absolute Gasteiger partial charge is 0.396 e. The summed E-state index contributed by atoms with van der Waals surface area (Å²) in [5.41, 5.74) is 0.161. The molecule has 2 aliphatic rings. The van der Waals surface area contributed by atoms with E-state index in [-0.39, 0.29) is 10.3 Å². The van der Waals surface area contributed by atoms with Gasteiger partial charge in [0.2, 0.25) is 0 Å². The Balaban J connectivity index is 2.16. The lowest BCUT2D eigenvalue weighted by atomic mass is 9.47. The molecule has 2 saturated carbocycles. The van der Waals surface area contributed by atoms with Crippen LogP contribution in [0.2, 0.25) is 0 Å². The highest BCUT2D eigenvalue weighted by atomic mass is 35.5. The van der Waals surface area contributed by atoms with Crippen LogP contribution in [0.5, 0.6) is 0 Å². The first-order chi connectivity index (χ1) is 4.22. The SMILES string of the molecule is OCC12CCC1(Cl)CC2. The molecular formula is C7H11ClO. The van der Waals surface area contributed by atoms with Crippen LogP contribution in [0.25, 0.3) is 0 Å². The van der Waals surface area contributed by atoms with Crippen LogP contribution in [-0.2, 0) is 0 Å². The third-order valence-electron chi connectivity index (χ3n) is 3.25. The molecule has 0 bridgehead atoms. The number of hydrogen-bond acceptors (Lipinski definition) is 1. The van der Waals surface area contributed by atoms with Gasteiger partial charge in [0.1, 0.15) is 0 Å². The monoisotopic (exact) mass is 146 g/mol. The van der Waals surface area contributed by atoms with Crippen molar-refractivity contribution in [3.05, 3.63) is 0 Å².